The number of carboxylic acids is 1. The first kappa shape index (κ1) is 12.9. The molecule has 0 bridgehead atoms. The summed E-state index contributed by atoms with van der Waals surface area (Å²) in [6.45, 7) is 3.16. The number of piperazine rings is 1. The Hall–Kier alpha value is -1.51. The van der Waals surface area contributed by atoms with Gasteiger partial charge in [-0.05, 0) is 0 Å². The Kier molecular flexibility index (Phi) is 4.24. The number of aliphatic hydroxyl groups is 1. The fourth-order valence-electron chi connectivity index (χ4n) is 2.06. The topological polar surface area (TPSA) is 104 Å². The lowest BCUT2D eigenvalue weighted by atomic mass is 10.1. The smallest absolute Gasteiger partial charge is 0.327 e. The van der Waals surface area contributed by atoms with Gasteiger partial charge >= 0.3 is 5.97 Å². The Balaban J connectivity index is 2.14. The average Bonchev–Trinajstić information content (AvgIpc) is 2.79. The van der Waals surface area contributed by atoms with Gasteiger partial charge in [0, 0.05) is 26.2 Å². The van der Waals surface area contributed by atoms with E-state index >= 15 is 0 Å². The molecule has 1 saturated heterocycles. The Morgan fingerprint density at radius 2 is 2.22 bits per heavy atom. The molecule has 0 spiro atoms. The van der Waals surface area contributed by atoms with E-state index in [9.17, 15) is 9.90 Å². The minimum absolute atomic E-state index is 0.0474. The Bertz CT molecular complexity index is 402. The first-order valence-corrected chi connectivity index (χ1v) is 5.91. The maximum Gasteiger partial charge on any atom is 0.327 e. The molecule has 2 rings (SSSR count). The summed E-state index contributed by atoms with van der Waals surface area (Å²) in [5.41, 5.74) is 0.415. The molecular weight excluding hydrogens is 238 g/mol. The third kappa shape index (κ3) is 2.84. The predicted octanol–water partition coefficient (Wildman–Crippen LogP) is -1.70. The highest BCUT2D eigenvalue weighted by Gasteiger charge is 2.30. The second-order valence-electron chi connectivity index (χ2n) is 4.16. The first-order chi connectivity index (χ1) is 8.72. The van der Waals surface area contributed by atoms with Crippen LogP contribution in [0.25, 0.3) is 0 Å². The second kappa shape index (κ2) is 5.89. The number of carbonyl (C=O) groups is 1. The van der Waals surface area contributed by atoms with Gasteiger partial charge in [-0.2, -0.15) is 0 Å². The van der Waals surface area contributed by atoms with E-state index in [-0.39, 0.29) is 6.61 Å². The fraction of sp³-hybridized carbons (Fsp3) is 0.700. The molecule has 0 radical (unpaired) electrons. The quantitative estimate of drug-likeness (QED) is 0.576. The highest BCUT2D eigenvalue weighted by atomic mass is 16.4. The number of nitrogens with one attached hydrogen (secondary N) is 1. The maximum absolute atomic E-state index is 11.4. The number of aromatic nitrogens is 3. The van der Waals surface area contributed by atoms with E-state index in [0.29, 0.717) is 25.3 Å². The normalized spacial score (nSPS) is 18.7. The van der Waals surface area contributed by atoms with Crippen LogP contribution in [-0.2, 0) is 11.3 Å². The number of hydrogen-bond acceptors (Lipinski definition) is 6. The number of carboxylic acid groups (broad SMARTS) is 1. The van der Waals surface area contributed by atoms with Crippen molar-refractivity contribution < 1.29 is 15.0 Å². The molecule has 8 heteroatoms. The monoisotopic (exact) mass is 255 g/mol. The SMILES string of the molecule is O=C(O)C(c1cn(CCO)nn1)N1CCNCC1. The largest absolute Gasteiger partial charge is 0.480 e. The number of aliphatic carboxylic acids is 1. The van der Waals surface area contributed by atoms with Gasteiger partial charge in [0.2, 0.25) is 0 Å². The lowest BCUT2D eigenvalue weighted by Crippen LogP contribution is -2.47. The molecule has 1 atom stereocenters. The zero-order chi connectivity index (χ0) is 13.0. The molecule has 1 unspecified atom stereocenters. The molecule has 8 nitrogen and oxygen atoms in total. The number of hydrogen-bond donors (Lipinski definition) is 3. The molecule has 1 aromatic rings. The molecule has 0 saturated carbocycles. The van der Waals surface area contributed by atoms with Crippen molar-refractivity contribution in [2.24, 2.45) is 0 Å². The highest BCUT2D eigenvalue weighted by Crippen LogP contribution is 2.19. The summed E-state index contributed by atoms with van der Waals surface area (Å²) in [6.07, 6.45) is 1.58. The molecule has 1 fully saturated rings. The average molecular weight is 255 g/mol. The summed E-state index contributed by atoms with van der Waals surface area (Å²) in [5, 5.41) is 29.0. The summed E-state index contributed by atoms with van der Waals surface area (Å²) in [6, 6.07) is -0.764. The van der Waals surface area contributed by atoms with Crippen LogP contribution in [0.15, 0.2) is 6.20 Å². The molecule has 1 aliphatic heterocycles. The lowest BCUT2D eigenvalue weighted by Gasteiger charge is -2.31. The van der Waals surface area contributed by atoms with Gasteiger partial charge in [0.05, 0.1) is 19.3 Å². The molecule has 100 valence electrons. The summed E-state index contributed by atoms with van der Waals surface area (Å²) >= 11 is 0. The van der Waals surface area contributed by atoms with Gasteiger partial charge in [-0.3, -0.25) is 9.69 Å². The fourth-order valence-corrected chi connectivity index (χ4v) is 2.06. The van der Waals surface area contributed by atoms with Crippen LogP contribution in [0.1, 0.15) is 11.7 Å². The van der Waals surface area contributed by atoms with Crippen molar-refractivity contribution in [3.8, 4) is 0 Å². The zero-order valence-corrected chi connectivity index (χ0v) is 9.99. The number of nitrogens with zero attached hydrogens (tertiary/aromatic N) is 4. The zero-order valence-electron chi connectivity index (χ0n) is 9.99. The van der Waals surface area contributed by atoms with Crippen molar-refractivity contribution in [1.82, 2.24) is 25.2 Å². The van der Waals surface area contributed by atoms with Crippen LogP contribution in [0.2, 0.25) is 0 Å². The van der Waals surface area contributed by atoms with Crippen molar-refractivity contribution in [3.05, 3.63) is 11.9 Å². The van der Waals surface area contributed by atoms with Crippen LogP contribution in [0.3, 0.4) is 0 Å². The molecule has 1 aliphatic rings. The van der Waals surface area contributed by atoms with Crippen LogP contribution in [-0.4, -0.2) is 68.9 Å². The highest BCUT2D eigenvalue weighted by molar-refractivity contribution is 5.74. The van der Waals surface area contributed by atoms with Gasteiger partial charge in [0.1, 0.15) is 5.69 Å². The van der Waals surface area contributed by atoms with E-state index in [1.54, 1.807) is 6.20 Å². The van der Waals surface area contributed by atoms with Crippen molar-refractivity contribution >= 4 is 5.97 Å². The Labute approximate surface area is 104 Å². The van der Waals surface area contributed by atoms with Gasteiger partial charge in [-0.25, -0.2) is 4.68 Å². The van der Waals surface area contributed by atoms with Gasteiger partial charge in [0.25, 0.3) is 0 Å². The number of rotatable bonds is 5. The Morgan fingerprint density at radius 1 is 1.50 bits per heavy atom. The van der Waals surface area contributed by atoms with Crippen molar-refractivity contribution in [2.45, 2.75) is 12.6 Å². The van der Waals surface area contributed by atoms with Crippen LogP contribution >= 0.6 is 0 Å². The third-order valence-corrected chi connectivity index (χ3v) is 2.92. The van der Waals surface area contributed by atoms with Crippen LogP contribution in [0.4, 0.5) is 0 Å². The molecule has 0 aliphatic carbocycles. The molecule has 3 N–H and O–H groups in total. The van der Waals surface area contributed by atoms with E-state index in [2.05, 4.69) is 15.6 Å². The maximum atomic E-state index is 11.4. The molecule has 18 heavy (non-hydrogen) atoms. The van der Waals surface area contributed by atoms with Crippen LogP contribution in [0, 0.1) is 0 Å². The van der Waals surface area contributed by atoms with Crippen molar-refractivity contribution in [3.63, 3.8) is 0 Å². The minimum atomic E-state index is -0.923. The molecule has 1 aromatic heterocycles. The summed E-state index contributed by atoms with van der Waals surface area (Å²) in [5.74, 6) is -0.923. The van der Waals surface area contributed by atoms with Gasteiger partial charge in [-0.1, -0.05) is 5.21 Å². The minimum Gasteiger partial charge on any atom is -0.480 e. The van der Waals surface area contributed by atoms with Gasteiger partial charge in [-0.15, -0.1) is 5.10 Å². The van der Waals surface area contributed by atoms with E-state index in [0.717, 1.165) is 13.1 Å². The molecule has 2 heterocycles. The van der Waals surface area contributed by atoms with Crippen molar-refractivity contribution in [2.75, 3.05) is 32.8 Å². The van der Waals surface area contributed by atoms with Crippen LogP contribution < -0.4 is 5.32 Å². The number of aliphatic hydroxyl groups excluding tert-OH is 1. The van der Waals surface area contributed by atoms with E-state index < -0.39 is 12.0 Å². The second-order valence-corrected chi connectivity index (χ2v) is 4.16. The molecule has 0 aromatic carbocycles. The molecule has 0 amide bonds. The lowest BCUT2D eigenvalue weighted by molar-refractivity contribution is -0.144. The van der Waals surface area contributed by atoms with Crippen LogP contribution in [0.5, 0.6) is 0 Å². The summed E-state index contributed by atoms with van der Waals surface area (Å²) < 4.78 is 1.45. The summed E-state index contributed by atoms with van der Waals surface area (Å²) in [7, 11) is 0. The van der Waals surface area contributed by atoms with Crippen molar-refractivity contribution in [1.29, 1.82) is 0 Å². The summed E-state index contributed by atoms with van der Waals surface area (Å²) in [4.78, 5) is 13.2. The van der Waals surface area contributed by atoms with E-state index in [4.69, 9.17) is 5.11 Å². The van der Waals surface area contributed by atoms with E-state index in [1.165, 1.54) is 4.68 Å². The Morgan fingerprint density at radius 3 is 2.83 bits per heavy atom. The first-order valence-electron chi connectivity index (χ1n) is 5.91. The predicted molar refractivity (Wildman–Crippen MR) is 61.9 cm³/mol. The van der Waals surface area contributed by atoms with Gasteiger partial charge < -0.3 is 15.5 Å². The van der Waals surface area contributed by atoms with E-state index in [1.807, 2.05) is 4.90 Å². The standard InChI is InChI=1S/C10H17N5O3/c16-6-5-15-7-8(12-13-15)9(10(17)18)14-3-1-11-2-4-14/h7,9,11,16H,1-6H2,(H,17,18). The van der Waals surface area contributed by atoms with Gasteiger partial charge in [0.15, 0.2) is 6.04 Å². The molecular formula is C10H17N5O3. The third-order valence-electron chi connectivity index (χ3n) is 2.92.